The molecule has 0 atom stereocenters. The summed E-state index contributed by atoms with van der Waals surface area (Å²) in [4.78, 5) is 12.3. The lowest BCUT2D eigenvalue weighted by Gasteiger charge is -2.39. The van der Waals surface area contributed by atoms with Crippen molar-refractivity contribution in [1.82, 2.24) is 0 Å². The highest BCUT2D eigenvalue weighted by molar-refractivity contribution is 5.96. The van der Waals surface area contributed by atoms with E-state index < -0.39 is 5.79 Å². The summed E-state index contributed by atoms with van der Waals surface area (Å²) in [5.41, 5.74) is 0.480. The van der Waals surface area contributed by atoms with Crippen LogP contribution in [-0.4, -0.2) is 24.8 Å². The van der Waals surface area contributed by atoms with Gasteiger partial charge in [0.15, 0.2) is 11.6 Å². The lowest BCUT2D eigenvalue weighted by molar-refractivity contribution is -0.218. The van der Waals surface area contributed by atoms with Gasteiger partial charge in [0.25, 0.3) is 0 Å². The van der Waals surface area contributed by atoms with Crippen LogP contribution >= 0.6 is 0 Å². The van der Waals surface area contributed by atoms with E-state index >= 15 is 0 Å². The molecule has 98 valence electrons. The predicted octanol–water partition coefficient (Wildman–Crippen LogP) is 3.05. The van der Waals surface area contributed by atoms with Crippen LogP contribution in [0.3, 0.4) is 0 Å². The van der Waals surface area contributed by atoms with Crippen molar-refractivity contribution in [2.75, 3.05) is 13.2 Å². The third kappa shape index (κ3) is 2.47. The largest absolute Gasteiger partial charge is 0.347 e. The molecule has 18 heavy (non-hydrogen) atoms. The molecule has 0 spiro atoms. The van der Waals surface area contributed by atoms with Gasteiger partial charge < -0.3 is 9.47 Å². The Hall–Kier alpha value is -1.19. The summed E-state index contributed by atoms with van der Waals surface area (Å²) in [5, 5.41) is 0. The molecule has 1 fully saturated rings. The Bertz CT molecular complexity index is 411. The van der Waals surface area contributed by atoms with Crippen LogP contribution in [0.25, 0.3) is 0 Å². The number of ether oxygens (including phenoxy) is 2. The predicted molar refractivity (Wildman–Crippen MR) is 69.5 cm³/mol. The molecule has 1 aliphatic rings. The Morgan fingerprint density at radius 2 is 1.72 bits per heavy atom. The minimum atomic E-state index is -0.792. The van der Waals surface area contributed by atoms with E-state index in [-0.39, 0.29) is 17.6 Å². The Morgan fingerprint density at radius 3 is 2.22 bits per heavy atom. The van der Waals surface area contributed by atoms with Gasteiger partial charge in [-0.25, -0.2) is 0 Å². The maximum absolute atomic E-state index is 12.3. The molecular formula is C15H20O3. The molecule has 0 aromatic heterocycles. The Labute approximate surface area is 108 Å². The summed E-state index contributed by atoms with van der Waals surface area (Å²) in [6.07, 6.45) is 0.264. The van der Waals surface area contributed by atoms with E-state index in [9.17, 15) is 4.79 Å². The van der Waals surface area contributed by atoms with E-state index in [1.807, 2.05) is 51.1 Å². The number of Topliss-reactive ketones (excluding diaryl/α,β-unsaturated/α-hetero) is 1. The van der Waals surface area contributed by atoms with Crippen LogP contribution in [0.5, 0.6) is 0 Å². The highest BCUT2D eigenvalue weighted by atomic mass is 16.7. The average Bonchev–Trinajstić information content (AvgIpc) is 2.79. The number of ketones is 1. The molecule has 1 saturated heterocycles. The molecule has 1 aromatic rings. The molecule has 1 aliphatic heterocycles. The van der Waals surface area contributed by atoms with E-state index in [4.69, 9.17) is 9.47 Å². The number of hydrogen-bond acceptors (Lipinski definition) is 3. The average molecular weight is 248 g/mol. The zero-order valence-electron chi connectivity index (χ0n) is 11.2. The topological polar surface area (TPSA) is 35.5 Å². The maximum Gasteiger partial charge on any atom is 0.180 e. The van der Waals surface area contributed by atoms with Crippen LogP contribution < -0.4 is 0 Å². The van der Waals surface area contributed by atoms with E-state index in [0.29, 0.717) is 18.8 Å². The van der Waals surface area contributed by atoms with E-state index in [1.165, 1.54) is 0 Å². The molecule has 0 radical (unpaired) electrons. The van der Waals surface area contributed by atoms with Crippen LogP contribution in [0.4, 0.5) is 0 Å². The number of benzene rings is 1. The normalized spacial score (nSPS) is 18.8. The molecule has 0 unspecified atom stereocenters. The number of carbonyl (C=O) groups is 1. The molecule has 3 heteroatoms. The lowest BCUT2D eigenvalue weighted by Crippen LogP contribution is -2.45. The van der Waals surface area contributed by atoms with Crippen molar-refractivity contribution in [1.29, 1.82) is 0 Å². The van der Waals surface area contributed by atoms with Gasteiger partial charge in [-0.1, -0.05) is 51.1 Å². The summed E-state index contributed by atoms with van der Waals surface area (Å²) >= 11 is 0. The van der Waals surface area contributed by atoms with Crippen LogP contribution in [0.15, 0.2) is 30.3 Å². The fourth-order valence-corrected chi connectivity index (χ4v) is 2.19. The standard InChI is InChI=1S/C15H20O3/c1-14(2,3)15(17-9-10-18-15)11-13(16)12-7-5-4-6-8-12/h4-8H,9-11H2,1-3H3. The Balaban J connectivity index is 2.18. The van der Waals surface area contributed by atoms with Crippen LogP contribution in [-0.2, 0) is 9.47 Å². The Kier molecular flexibility index (Phi) is 3.55. The first-order chi connectivity index (χ1) is 8.45. The van der Waals surface area contributed by atoms with Crippen LogP contribution in [0.1, 0.15) is 37.6 Å². The van der Waals surface area contributed by atoms with Gasteiger partial charge in [-0.15, -0.1) is 0 Å². The first-order valence-corrected chi connectivity index (χ1v) is 6.31. The molecule has 2 rings (SSSR count). The monoisotopic (exact) mass is 248 g/mol. The molecule has 3 nitrogen and oxygen atoms in total. The second-order valence-corrected chi connectivity index (χ2v) is 5.67. The van der Waals surface area contributed by atoms with Gasteiger partial charge >= 0.3 is 0 Å². The number of rotatable bonds is 3. The summed E-state index contributed by atoms with van der Waals surface area (Å²) < 4.78 is 11.5. The van der Waals surface area contributed by atoms with Crippen molar-refractivity contribution >= 4 is 5.78 Å². The fourth-order valence-electron chi connectivity index (χ4n) is 2.19. The van der Waals surface area contributed by atoms with Crippen molar-refractivity contribution in [2.45, 2.75) is 33.0 Å². The second kappa shape index (κ2) is 4.82. The van der Waals surface area contributed by atoms with Gasteiger partial charge in [-0.2, -0.15) is 0 Å². The fraction of sp³-hybridized carbons (Fsp3) is 0.533. The Morgan fingerprint density at radius 1 is 1.17 bits per heavy atom. The molecule has 1 heterocycles. The number of hydrogen-bond donors (Lipinski definition) is 0. The first-order valence-electron chi connectivity index (χ1n) is 6.31. The van der Waals surface area contributed by atoms with Gasteiger partial charge in [0.1, 0.15) is 0 Å². The summed E-state index contributed by atoms with van der Waals surface area (Å²) in [7, 11) is 0. The molecule has 1 aromatic carbocycles. The van der Waals surface area contributed by atoms with Gasteiger partial charge in [-0.3, -0.25) is 4.79 Å². The summed E-state index contributed by atoms with van der Waals surface area (Å²) in [5.74, 6) is -0.729. The third-order valence-corrected chi connectivity index (χ3v) is 3.39. The van der Waals surface area contributed by atoms with Gasteiger partial charge in [0.2, 0.25) is 0 Å². The van der Waals surface area contributed by atoms with Crippen LogP contribution in [0, 0.1) is 5.41 Å². The second-order valence-electron chi connectivity index (χ2n) is 5.67. The highest BCUT2D eigenvalue weighted by Gasteiger charge is 2.48. The quantitative estimate of drug-likeness (QED) is 0.771. The molecule has 0 aliphatic carbocycles. The third-order valence-electron chi connectivity index (χ3n) is 3.39. The number of carbonyl (C=O) groups excluding carboxylic acids is 1. The molecule has 0 amide bonds. The summed E-state index contributed by atoms with van der Waals surface area (Å²) in [6, 6.07) is 9.29. The highest BCUT2D eigenvalue weighted by Crippen LogP contribution is 2.41. The van der Waals surface area contributed by atoms with E-state index in [1.54, 1.807) is 0 Å². The van der Waals surface area contributed by atoms with Crippen LogP contribution in [0.2, 0.25) is 0 Å². The zero-order valence-corrected chi connectivity index (χ0v) is 11.2. The lowest BCUT2D eigenvalue weighted by atomic mass is 9.81. The SMILES string of the molecule is CC(C)(C)C1(CC(=O)c2ccccc2)OCCO1. The van der Waals surface area contributed by atoms with Crippen molar-refractivity contribution in [2.24, 2.45) is 5.41 Å². The van der Waals surface area contributed by atoms with Gasteiger partial charge in [0.05, 0.1) is 19.6 Å². The minimum absolute atomic E-state index is 0.0624. The summed E-state index contributed by atoms with van der Waals surface area (Å²) in [6.45, 7) is 7.22. The van der Waals surface area contributed by atoms with E-state index in [0.717, 1.165) is 0 Å². The van der Waals surface area contributed by atoms with Crippen molar-refractivity contribution in [3.8, 4) is 0 Å². The molecule has 0 bridgehead atoms. The van der Waals surface area contributed by atoms with Crippen molar-refractivity contribution in [3.63, 3.8) is 0 Å². The van der Waals surface area contributed by atoms with Crippen molar-refractivity contribution < 1.29 is 14.3 Å². The van der Waals surface area contributed by atoms with Crippen molar-refractivity contribution in [3.05, 3.63) is 35.9 Å². The smallest absolute Gasteiger partial charge is 0.180 e. The van der Waals surface area contributed by atoms with Gasteiger partial charge in [0, 0.05) is 11.0 Å². The maximum atomic E-state index is 12.3. The van der Waals surface area contributed by atoms with Gasteiger partial charge in [-0.05, 0) is 0 Å². The zero-order chi connectivity index (χ0) is 13.2. The first kappa shape index (κ1) is 13.2. The molecule has 0 saturated carbocycles. The van der Waals surface area contributed by atoms with E-state index in [2.05, 4.69) is 0 Å². The minimum Gasteiger partial charge on any atom is -0.347 e. The molecule has 0 N–H and O–H groups in total. The molecular weight excluding hydrogens is 228 g/mol.